The van der Waals surface area contributed by atoms with Crippen LogP contribution in [0.1, 0.15) is 32.6 Å². The molecule has 0 saturated carbocycles. The first-order valence-electron chi connectivity index (χ1n) is 6.23. The van der Waals surface area contributed by atoms with Gasteiger partial charge in [-0.2, -0.15) is 0 Å². The summed E-state index contributed by atoms with van der Waals surface area (Å²) >= 11 is 5.65. The van der Waals surface area contributed by atoms with Crippen molar-refractivity contribution in [3.8, 4) is 0 Å². The average molecular weight is 248 g/mol. The van der Waals surface area contributed by atoms with E-state index in [-0.39, 0.29) is 11.9 Å². The predicted molar refractivity (Wildman–Crippen MR) is 65.8 cm³/mol. The van der Waals surface area contributed by atoms with Crippen molar-refractivity contribution in [1.82, 2.24) is 4.90 Å². The predicted octanol–water partition coefficient (Wildman–Crippen LogP) is 2.28. The molecule has 0 bridgehead atoms. The molecular formula is C12H22ClNO2. The van der Waals surface area contributed by atoms with Gasteiger partial charge in [0.05, 0.1) is 12.5 Å². The standard InChI is InChI=1S/C12H22ClNO2/c1-2-16-12(15)11-6-5-9-14(10-11)8-4-3-7-13/h11H,2-10H2,1H3. The minimum Gasteiger partial charge on any atom is -0.466 e. The molecular weight excluding hydrogens is 226 g/mol. The first-order valence-corrected chi connectivity index (χ1v) is 6.76. The fraction of sp³-hybridized carbons (Fsp3) is 0.917. The number of alkyl halides is 1. The van der Waals surface area contributed by atoms with Gasteiger partial charge in [0, 0.05) is 12.4 Å². The Morgan fingerprint density at radius 2 is 2.31 bits per heavy atom. The van der Waals surface area contributed by atoms with E-state index in [1.54, 1.807) is 0 Å². The Morgan fingerprint density at radius 1 is 1.50 bits per heavy atom. The zero-order valence-corrected chi connectivity index (χ0v) is 10.8. The van der Waals surface area contributed by atoms with Gasteiger partial charge >= 0.3 is 5.97 Å². The quantitative estimate of drug-likeness (QED) is 0.410. The van der Waals surface area contributed by atoms with E-state index < -0.39 is 0 Å². The summed E-state index contributed by atoms with van der Waals surface area (Å²) in [6.45, 7) is 5.38. The molecule has 4 heteroatoms. The Balaban J connectivity index is 2.26. The zero-order valence-electron chi connectivity index (χ0n) is 10.1. The van der Waals surface area contributed by atoms with Gasteiger partial charge in [-0.05, 0) is 45.7 Å². The van der Waals surface area contributed by atoms with Crippen molar-refractivity contribution in [2.75, 3.05) is 32.1 Å². The second kappa shape index (κ2) is 7.91. The summed E-state index contributed by atoms with van der Waals surface area (Å²) in [7, 11) is 0. The summed E-state index contributed by atoms with van der Waals surface area (Å²) in [5.41, 5.74) is 0. The Bertz CT molecular complexity index is 211. The number of unbranched alkanes of at least 4 members (excludes halogenated alkanes) is 1. The molecule has 0 aliphatic carbocycles. The first kappa shape index (κ1) is 13.8. The third-order valence-corrected chi connectivity index (χ3v) is 3.25. The third-order valence-electron chi connectivity index (χ3n) is 2.98. The van der Waals surface area contributed by atoms with Crippen LogP contribution in [0.2, 0.25) is 0 Å². The number of nitrogens with zero attached hydrogens (tertiary/aromatic N) is 1. The van der Waals surface area contributed by atoms with Crippen molar-refractivity contribution in [2.24, 2.45) is 5.92 Å². The maximum absolute atomic E-state index is 11.6. The van der Waals surface area contributed by atoms with Gasteiger partial charge in [-0.1, -0.05) is 0 Å². The van der Waals surface area contributed by atoms with Crippen LogP contribution >= 0.6 is 11.6 Å². The van der Waals surface area contributed by atoms with Crippen molar-refractivity contribution in [3.63, 3.8) is 0 Å². The van der Waals surface area contributed by atoms with Gasteiger partial charge in [0.25, 0.3) is 0 Å². The zero-order chi connectivity index (χ0) is 11.8. The van der Waals surface area contributed by atoms with Crippen LogP contribution in [0.4, 0.5) is 0 Å². The van der Waals surface area contributed by atoms with Gasteiger partial charge in [-0.3, -0.25) is 4.79 Å². The van der Waals surface area contributed by atoms with Gasteiger partial charge in [-0.25, -0.2) is 0 Å². The van der Waals surface area contributed by atoms with Crippen molar-refractivity contribution < 1.29 is 9.53 Å². The lowest BCUT2D eigenvalue weighted by Gasteiger charge is -2.31. The van der Waals surface area contributed by atoms with E-state index in [1.807, 2.05) is 6.92 Å². The molecule has 0 aromatic carbocycles. The number of carbonyl (C=O) groups excluding carboxylic acids is 1. The molecule has 1 rings (SSSR count). The fourth-order valence-electron chi connectivity index (χ4n) is 2.14. The summed E-state index contributed by atoms with van der Waals surface area (Å²) in [5, 5.41) is 0. The molecule has 16 heavy (non-hydrogen) atoms. The number of likely N-dealkylation sites (tertiary alicyclic amines) is 1. The second-order valence-electron chi connectivity index (χ2n) is 4.29. The SMILES string of the molecule is CCOC(=O)C1CCCN(CCCCCl)C1. The van der Waals surface area contributed by atoms with Crippen LogP contribution in [-0.4, -0.2) is 43.0 Å². The van der Waals surface area contributed by atoms with Crippen LogP contribution in [0.5, 0.6) is 0 Å². The van der Waals surface area contributed by atoms with Crippen molar-refractivity contribution in [2.45, 2.75) is 32.6 Å². The Kier molecular flexibility index (Phi) is 6.81. The topological polar surface area (TPSA) is 29.5 Å². The van der Waals surface area contributed by atoms with Gasteiger partial charge in [0.2, 0.25) is 0 Å². The monoisotopic (exact) mass is 247 g/mol. The highest BCUT2D eigenvalue weighted by molar-refractivity contribution is 6.17. The second-order valence-corrected chi connectivity index (χ2v) is 4.67. The van der Waals surface area contributed by atoms with E-state index in [0.717, 1.165) is 51.2 Å². The summed E-state index contributed by atoms with van der Waals surface area (Å²) in [6.07, 6.45) is 4.26. The fourth-order valence-corrected chi connectivity index (χ4v) is 2.33. The number of ether oxygens (including phenoxy) is 1. The minimum absolute atomic E-state index is 0.0236. The highest BCUT2D eigenvalue weighted by atomic mass is 35.5. The van der Waals surface area contributed by atoms with Gasteiger partial charge in [0.15, 0.2) is 0 Å². The number of halogens is 1. The number of piperidine rings is 1. The molecule has 3 nitrogen and oxygen atoms in total. The number of esters is 1. The van der Waals surface area contributed by atoms with E-state index in [0.29, 0.717) is 6.61 Å². The Hall–Kier alpha value is -0.280. The Morgan fingerprint density at radius 3 is 3.00 bits per heavy atom. The third kappa shape index (κ3) is 4.71. The van der Waals surface area contributed by atoms with Crippen molar-refractivity contribution in [1.29, 1.82) is 0 Å². The lowest BCUT2D eigenvalue weighted by atomic mass is 9.98. The van der Waals surface area contributed by atoms with E-state index in [2.05, 4.69) is 4.90 Å². The average Bonchev–Trinajstić information content (AvgIpc) is 2.30. The minimum atomic E-state index is -0.0236. The highest BCUT2D eigenvalue weighted by Gasteiger charge is 2.26. The molecule has 0 aromatic heterocycles. The molecule has 1 atom stereocenters. The lowest BCUT2D eigenvalue weighted by molar-refractivity contribution is -0.149. The number of hydrogen-bond donors (Lipinski definition) is 0. The van der Waals surface area contributed by atoms with Gasteiger partial charge in [-0.15, -0.1) is 11.6 Å². The molecule has 1 aliphatic heterocycles. The lowest BCUT2D eigenvalue weighted by Crippen LogP contribution is -2.39. The first-order chi connectivity index (χ1) is 7.77. The molecule has 0 N–H and O–H groups in total. The molecule has 0 aromatic rings. The molecule has 1 saturated heterocycles. The number of hydrogen-bond acceptors (Lipinski definition) is 3. The number of rotatable bonds is 6. The van der Waals surface area contributed by atoms with Gasteiger partial charge < -0.3 is 9.64 Å². The molecule has 1 unspecified atom stereocenters. The molecule has 1 fully saturated rings. The summed E-state index contributed by atoms with van der Waals surface area (Å²) in [6, 6.07) is 0. The normalized spacial score (nSPS) is 22.0. The van der Waals surface area contributed by atoms with Gasteiger partial charge in [0.1, 0.15) is 0 Å². The summed E-state index contributed by atoms with van der Waals surface area (Å²) in [5.74, 6) is 0.795. The van der Waals surface area contributed by atoms with Crippen LogP contribution in [0, 0.1) is 5.92 Å². The molecule has 1 heterocycles. The molecule has 0 amide bonds. The van der Waals surface area contributed by atoms with Crippen LogP contribution in [0.15, 0.2) is 0 Å². The van der Waals surface area contributed by atoms with E-state index >= 15 is 0 Å². The van der Waals surface area contributed by atoms with Crippen molar-refractivity contribution in [3.05, 3.63) is 0 Å². The van der Waals surface area contributed by atoms with E-state index in [9.17, 15) is 4.79 Å². The molecule has 94 valence electrons. The maximum Gasteiger partial charge on any atom is 0.310 e. The van der Waals surface area contributed by atoms with Crippen LogP contribution in [0.3, 0.4) is 0 Å². The largest absolute Gasteiger partial charge is 0.466 e. The van der Waals surface area contributed by atoms with Crippen molar-refractivity contribution >= 4 is 17.6 Å². The van der Waals surface area contributed by atoms with E-state index in [4.69, 9.17) is 16.3 Å². The summed E-state index contributed by atoms with van der Waals surface area (Å²) < 4.78 is 5.07. The smallest absolute Gasteiger partial charge is 0.310 e. The molecule has 0 radical (unpaired) electrons. The van der Waals surface area contributed by atoms with E-state index in [1.165, 1.54) is 0 Å². The highest BCUT2D eigenvalue weighted by Crippen LogP contribution is 2.18. The summed E-state index contributed by atoms with van der Waals surface area (Å²) in [4.78, 5) is 14.0. The number of carbonyl (C=O) groups is 1. The van der Waals surface area contributed by atoms with Crippen LogP contribution in [0.25, 0.3) is 0 Å². The van der Waals surface area contributed by atoms with Crippen LogP contribution < -0.4 is 0 Å². The Labute approximate surface area is 103 Å². The molecule has 0 spiro atoms. The maximum atomic E-state index is 11.6. The molecule has 1 aliphatic rings. The van der Waals surface area contributed by atoms with Crippen LogP contribution in [-0.2, 0) is 9.53 Å².